The monoisotopic (exact) mass is 228 g/mol. The summed E-state index contributed by atoms with van der Waals surface area (Å²) in [5.74, 6) is 0.747. The van der Waals surface area contributed by atoms with Gasteiger partial charge < -0.3 is 15.0 Å². The van der Waals surface area contributed by atoms with Crippen molar-refractivity contribution in [1.82, 2.24) is 10.2 Å². The highest BCUT2D eigenvalue weighted by molar-refractivity contribution is 4.67. The zero-order valence-electron chi connectivity index (χ0n) is 11.2. The Labute approximate surface area is 101 Å². The minimum Gasteiger partial charge on any atom is -0.378 e. The van der Waals surface area contributed by atoms with Crippen LogP contribution >= 0.6 is 0 Å². The van der Waals surface area contributed by atoms with Crippen LogP contribution in [0.15, 0.2) is 0 Å². The second-order valence-corrected chi connectivity index (χ2v) is 5.32. The standard InChI is InChI=1S/C13H28N2O/c1-12(2)11-14-7-9-15(3)8-6-13-5-4-10-16-13/h12-14H,4-11H2,1-3H3. The van der Waals surface area contributed by atoms with Crippen LogP contribution in [0.3, 0.4) is 0 Å². The molecule has 0 saturated carbocycles. The predicted octanol–water partition coefficient (Wildman–Crippen LogP) is 1.73. The van der Waals surface area contributed by atoms with E-state index in [1.807, 2.05) is 0 Å². The van der Waals surface area contributed by atoms with Crippen LogP contribution in [0.25, 0.3) is 0 Å². The zero-order chi connectivity index (χ0) is 11.8. The van der Waals surface area contributed by atoms with Crippen molar-refractivity contribution in [3.63, 3.8) is 0 Å². The summed E-state index contributed by atoms with van der Waals surface area (Å²) in [6, 6.07) is 0. The summed E-state index contributed by atoms with van der Waals surface area (Å²) in [6.45, 7) is 9.99. The third-order valence-electron chi connectivity index (χ3n) is 3.08. The second-order valence-electron chi connectivity index (χ2n) is 5.32. The minimum atomic E-state index is 0.533. The predicted molar refractivity (Wildman–Crippen MR) is 68.8 cm³/mol. The van der Waals surface area contributed by atoms with Gasteiger partial charge in [0.1, 0.15) is 0 Å². The van der Waals surface area contributed by atoms with Crippen LogP contribution in [0.2, 0.25) is 0 Å². The highest BCUT2D eigenvalue weighted by atomic mass is 16.5. The first kappa shape index (κ1) is 13.9. The van der Waals surface area contributed by atoms with E-state index in [0.717, 1.165) is 38.7 Å². The molecule has 1 N–H and O–H groups in total. The summed E-state index contributed by atoms with van der Waals surface area (Å²) in [6.07, 6.45) is 4.25. The smallest absolute Gasteiger partial charge is 0.0588 e. The Morgan fingerprint density at radius 1 is 1.38 bits per heavy atom. The molecule has 1 saturated heterocycles. The first-order chi connectivity index (χ1) is 7.68. The lowest BCUT2D eigenvalue weighted by molar-refractivity contribution is 0.0951. The molecule has 0 aromatic heterocycles. The molecule has 1 aliphatic rings. The molecular weight excluding hydrogens is 200 g/mol. The molecule has 1 unspecified atom stereocenters. The molecule has 1 fully saturated rings. The number of rotatable bonds is 8. The minimum absolute atomic E-state index is 0.533. The van der Waals surface area contributed by atoms with E-state index < -0.39 is 0 Å². The first-order valence-corrected chi connectivity index (χ1v) is 6.69. The summed E-state index contributed by atoms with van der Waals surface area (Å²) >= 11 is 0. The Balaban J connectivity index is 1.91. The summed E-state index contributed by atoms with van der Waals surface area (Å²) < 4.78 is 5.62. The van der Waals surface area contributed by atoms with Gasteiger partial charge in [0.2, 0.25) is 0 Å². The third kappa shape index (κ3) is 6.46. The Morgan fingerprint density at radius 2 is 2.19 bits per heavy atom. The molecule has 3 nitrogen and oxygen atoms in total. The van der Waals surface area contributed by atoms with Gasteiger partial charge in [0.25, 0.3) is 0 Å². The molecule has 0 bridgehead atoms. The molecule has 1 atom stereocenters. The highest BCUT2D eigenvalue weighted by Gasteiger charge is 2.15. The van der Waals surface area contributed by atoms with Crippen LogP contribution < -0.4 is 5.32 Å². The van der Waals surface area contributed by atoms with E-state index in [-0.39, 0.29) is 0 Å². The Kier molecular flexibility index (Phi) is 7.01. The van der Waals surface area contributed by atoms with Crippen LogP contribution in [0, 0.1) is 5.92 Å². The number of ether oxygens (including phenoxy) is 1. The number of hydrogen-bond acceptors (Lipinski definition) is 3. The maximum Gasteiger partial charge on any atom is 0.0588 e. The van der Waals surface area contributed by atoms with E-state index >= 15 is 0 Å². The van der Waals surface area contributed by atoms with Crippen LogP contribution in [0.4, 0.5) is 0 Å². The topological polar surface area (TPSA) is 24.5 Å². The van der Waals surface area contributed by atoms with Crippen molar-refractivity contribution >= 4 is 0 Å². The lowest BCUT2D eigenvalue weighted by Gasteiger charge is -2.19. The average molecular weight is 228 g/mol. The van der Waals surface area contributed by atoms with Gasteiger partial charge in [-0.1, -0.05) is 13.8 Å². The van der Waals surface area contributed by atoms with Gasteiger partial charge in [0, 0.05) is 26.2 Å². The maximum absolute atomic E-state index is 5.62. The molecule has 1 heterocycles. The molecule has 1 rings (SSSR count). The van der Waals surface area contributed by atoms with Gasteiger partial charge in [-0.3, -0.25) is 0 Å². The summed E-state index contributed by atoms with van der Waals surface area (Å²) in [5.41, 5.74) is 0. The molecule has 0 spiro atoms. The van der Waals surface area contributed by atoms with Crippen LogP contribution in [-0.4, -0.2) is 50.8 Å². The van der Waals surface area contributed by atoms with Crippen molar-refractivity contribution in [2.24, 2.45) is 5.92 Å². The Bertz CT molecular complexity index is 167. The maximum atomic E-state index is 5.62. The second kappa shape index (κ2) is 8.04. The van der Waals surface area contributed by atoms with Gasteiger partial charge in [0.05, 0.1) is 6.10 Å². The SMILES string of the molecule is CC(C)CNCCN(C)CCC1CCCO1. The van der Waals surface area contributed by atoms with Gasteiger partial charge in [-0.25, -0.2) is 0 Å². The van der Waals surface area contributed by atoms with Crippen LogP contribution in [-0.2, 0) is 4.74 Å². The molecule has 0 amide bonds. The number of nitrogens with one attached hydrogen (secondary N) is 1. The fraction of sp³-hybridized carbons (Fsp3) is 1.00. The van der Waals surface area contributed by atoms with Gasteiger partial charge in [-0.05, 0) is 38.8 Å². The normalized spacial score (nSPS) is 21.2. The molecule has 3 heteroatoms. The Hall–Kier alpha value is -0.120. The molecule has 1 aliphatic heterocycles. The van der Waals surface area contributed by atoms with E-state index in [4.69, 9.17) is 4.74 Å². The third-order valence-corrected chi connectivity index (χ3v) is 3.08. The lowest BCUT2D eigenvalue weighted by atomic mass is 10.2. The van der Waals surface area contributed by atoms with E-state index in [2.05, 4.69) is 31.1 Å². The van der Waals surface area contributed by atoms with Crippen molar-refractivity contribution in [1.29, 1.82) is 0 Å². The molecule has 16 heavy (non-hydrogen) atoms. The molecular formula is C13H28N2O. The summed E-state index contributed by atoms with van der Waals surface area (Å²) in [7, 11) is 2.20. The van der Waals surface area contributed by atoms with Gasteiger partial charge >= 0.3 is 0 Å². The van der Waals surface area contributed by atoms with Gasteiger partial charge in [-0.15, -0.1) is 0 Å². The fourth-order valence-corrected chi connectivity index (χ4v) is 2.01. The number of nitrogens with zero attached hydrogens (tertiary/aromatic N) is 1. The average Bonchev–Trinajstić information content (AvgIpc) is 2.74. The zero-order valence-corrected chi connectivity index (χ0v) is 11.2. The Morgan fingerprint density at radius 3 is 2.81 bits per heavy atom. The van der Waals surface area contributed by atoms with Crippen molar-refractivity contribution in [2.45, 2.75) is 39.2 Å². The summed E-state index contributed by atoms with van der Waals surface area (Å²) in [4.78, 5) is 2.40. The van der Waals surface area contributed by atoms with Gasteiger partial charge in [-0.2, -0.15) is 0 Å². The molecule has 0 radical (unpaired) electrons. The summed E-state index contributed by atoms with van der Waals surface area (Å²) in [5, 5.41) is 3.47. The molecule has 96 valence electrons. The molecule has 0 aromatic carbocycles. The van der Waals surface area contributed by atoms with E-state index in [1.54, 1.807) is 0 Å². The van der Waals surface area contributed by atoms with Crippen molar-refractivity contribution < 1.29 is 4.74 Å². The van der Waals surface area contributed by atoms with E-state index in [1.165, 1.54) is 19.3 Å². The van der Waals surface area contributed by atoms with E-state index in [0.29, 0.717) is 6.10 Å². The molecule has 0 aliphatic carbocycles. The highest BCUT2D eigenvalue weighted by Crippen LogP contribution is 2.15. The largest absolute Gasteiger partial charge is 0.378 e. The van der Waals surface area contributed by atoms with Gasteiger partial charge in [0.15, 0.2) is 0 Å². The fourth-order valence-electron chi connectivity index (χ4n) is 2.01. The van der Waals surface area contributed by atoms with Crippen molar-refractivity contribution in [3.05, 3.63) is 0 Å². The number of likely N-dealkylation sites (N-methyl/N-ethyl adjacent to an activating group) is 1. The lowest BCUT2D eigenvalue weighted by Crippen LogP contribution is -2.32. The first-order valence-electron chi connectivity index (χ1n) is 6.69. The van der Waals surface area contributed by atoms with Crippen molar-refractivity contribution in [2.75, 3.05) is 39.8 Å². The van der Waals surface area contributed by atoms with Crippen molar-refractivity contribution in [3.8, 4) is 0 Å². The quantitative estimate of drug-likeness (QED) is 0.640. The van der Waals surface area contributed by atoms with Crippen LogP contribution in [0.5, 0.6) is 0 Å². The van der Waals surface area contributed by atoms with E-state index in [9.17, 15) is 0 Å². The molecule has 0 aromatic rings. The number of hydrogen-bond donors (Lipinski definition) is 1. The van der Waals surface area contributed by atoms with Crippen LogP contribution in [0.1, 0.15) is 33.1 Å².